The van der Waals surface area contributed by atoms with Crippen LogP contribution in [0.2, 0.25) is 10.0 Å². The molecule has 0 aliphatic heterocycles. The molecule has 0 bridgehead atoms. The molecule has 0 aliphatic carbocycles. The highest BCUT2D eigenvalue weighted by molar-refractivity contribution is 6.31. The van der Waals surface area contributed by atoms with Gasteiger partial charge in [0.2, 0.25) is 0 Å². The Bertz CT molecular complexity index is 600. The lowest BCUT2D eigenvalue weighted by Gasteiger charge is -2.12. The van der Waals surface area contributed by atoms with Crippen LogP contribution in [0, 0.1) is 11.3 Å². The summed E-state index contributed by atoms with van der Waals surface area (Å²) in [5.41, 5.74) is 7.82. The molecule has 2 aromatic rings. The molecule has 90 valence electrons. The van der Waals surface area contributed by atoms with Gasteiger partial charge in [-0.25, -0.2) is 0 Å². The molecule has 0 unspecified atom stereocenters. The van der Waals surface area contributed by atoms with Crippen LogP contribution in [0.3, 0.4) is 0 Å². The molecule has 2 N–H and O–H groups in total. The van der Waals surface area contributed by atoms with Gasteiger partial charge in [0.1, 0.15) is 0 Å². The van der Waals surface area contributed by atoms with E-state index in [1.165, 1.54) is 0 Å². The maximum Gasteiger partial charge on any atom is 0.0977 e. The van der Waals surface area contributed by atoms with Crippen molar-refractivity contribution in [3.63, 3.8) is 0 Å². The van der Waals surface area contributed by atoms with E-state index in [-0.39, 0.29) is 0 Å². The average molecular weight is 277 g/mol. The Hall–Kier alpha value is -1.69. The molecule has 0 saturated heterocycles. The summed E-state index contributed by atoms with van der Waals surface area (Å²) in [5.74, 6) is -0.421. The van der Waals surface area contributed by atoms with Gasteiger partial charge in [-0.05, 0) is 35.4 Å². The number of hydrogen-bond donors (Lipinski definition) is 1. The molecule has 0 aliphatic rings. The Morgan fingerprint density at radius 2 is 1.72 bits per heavy atom. The molecular formula is C14H10Cl2N2. The van der Waals surface area contributed by atoms with Gasteiger partial charge in [0.05, 0.1) is 12.0 Å². The fraction of sp³-hybridized carbons (Fsp3) is 0.0714. The van der Waals surface area contributed by atoms with Crippen molar-refractivity contribution in [2.24, 2.45) is 0 Å². The van der Waals surface area contributed by atoms with E-state index in [4.69, 9.17) is 28.9 Å². The first-order valence-corrected chi connectivity index (χ1v) is 6.07. The van der Waals surface area contributed by atoms with E-state index in [0.717, 1.165) is 11.1 Å². The predicted molar refractivity (Wildman–Crippen MR) is 74.8 cm³/mol. The van der Waals surface area contributed by atoms with Crippen LogP contribution in [0.1, 0.15) is 17.0 Å². The molecule has 4 heteroatoms. The van der Waals surface area contributed by atoms with Gasteiger partial charge in [0.25, 0.3) is 0 Å². The van der Waals surface area contributed by atoms with Crippen LogP contribution in [0.5, 0.6) is 0 Å². The highest BCUT2D eigenvalue weighted by Crippen LogP contribution is 2.31. The number of nitrogens with two attached hydrogens (primary N) is 1. The molecule has 0 saturated carbocycles. The number of anilines is 1. The topological polar surface area (TPSA) is 49.8 Å². The third-order valence-electron chi connectivity index (χ3n) is 2.67. The van der Waals surface area contributed by atoms with Gasteiger partial charge in [0, 0.05) is 15.7 Å². The van der Waals surface area contributed by atoms with Crippen molar-refractivity contribution in [2.75, 3.05) is 5.73 Å². The minimum atomic E-state index is -0.421. The fourth-order valence-electron chi connectivity index (χ4n) is 1.76. The second kappa shape index (κ2) is 5.30. The maximum atomic E-state index is 9.32. The van der Waals surface area contributed by atoms with Gasteiger partial charge < -0.3 is 5.73 Å². The van der Waals surface area contributed by atoms with Gasteiger partial charge >= 0.3 is 0 Å². The smallest absolute Gasteiger partial charge is 0.0977 e. The summed E-state index contributed by atoms with van der Waals surface area (Å²) in [6.45, 7) is 0. The standard InChI is InChI=1S/C14H10Cl2N2/c15-10-3-1-9(2-4-10)13(8-17)12-6-5-11(18)7-14(12)16/h1-7,13H,18H2/t13-/m0/s1. The number of nitrogen functional groups attached to an aromatic ring is 1. The molecule has 0 heterocycles. The molecule has 2 nitrogen and oxygen atoms in total. The molecule has 2 aromatic carbocycles. The number of rotatable bonds is 2. The van der Waals surface area contributed by atoms with E-state index in [2.05, 4.69) is 6.07 Å². The van der Waals surface area contributed by atoms with Crippen LogP contribution in [0.4, 0.5) is 5.69 Å². The minimum absolute atomic E-state index is 0.421. The number of nitrogens with zero attached hydrogens (tertiary/aromatic N) is 1. The molecule has 2 rings (SSSR count). The van der Waals surface area contributed by atoms with Gasteiger partial charge in [-0.15, -0.1) is 0 Å². The summed E-state index contributed by atoms with van der Waals surface area (Å²) < 4.78 is 0. The number of halogens is 2. The van der Waals surface area contributed by atoms with E-state index in [0.29, 0.717) is 15.7 Å². The second-order valence-electron chi connectivity index (χ2n) is 3.89. The van der Waals surface area contributed by atoms with E-state index >= 15 is 0 Å². The Morgan fingerprint density at radius 1 is 1.06 bits per heavy atom. The Morgan fingerprint density at radius 3 is 2.28 bits per heavy atom. The summed E-state index contributed by atoms with van der Waals surface area (Å²) >= 11 is 12.0. The van der Waals surface area contributed by atoms with Gasteiger partial charge in [-0.2, -0.15) is 5.26 Å². The lowest BCUT2D eigenvalue weighted by Crippen LogP contribution is -1.99. The van der Waals surface area contributed by atoms with Crippen molar-refractivity contribution in [1.29, 1.82) is 5.26 Å². The Balaban J connectivity index is 2.46. The molecular weight excluding hydrogens is 267 g/mol. The SMILES string of the molecule is N#C[C@@H](c1ccc(Cl)cc1)c1ccc(N)cc1Cl. The van der Waals surface area contributed by atoms with Crippen LogP contribution in [-0.4, -0.2) is 0 Å². The number of hydrogen-bond acceptors (Lipinski definition) is 2. The predicted octanol–water partition coefficient (Wildman–Crippen LogP) is 4.23. The summed E-state index contributed by atoms with van der Waals surface area (Å²) in [6.07, 6.45) is 0. The summed E-state index contributed by atoms with van der Waals surface area (Å²) in [5, 5.41) is 10.5. The Labute approximate surface area is 116 Å². The monoisotopic (exact) mass is 276 g/mol. The zero-order chi connectivity index (χ0) is 13.1. The first-order valence-electron chi connectivity index (χ1n) is 5.32. The summed E-state index contributed by atoms with van der Waals surface area (Å²) in [7, 11) is 0. The highest BCUT2D eigenvalue weighted by Gasteiger charge is 2.16. The van der Waals surface area contributed by atoms with E-state index in [1.54, 1.807) is 30.3 Å². The normalized spacial score (nSPS) is 11.8. The van der Waals surface area contributed by atoms with Crippen LogP contribution < -0.4 is 5.73 Å². The summed E-state index contributed by atoms with van der Waals surface area (Å²) in [4.78, 5) is 0. The van der Waals surface area contributed by atoms with Crippen LogP contribution in [0.25, 0.3) is 0 Å². The lowest BCUT2D eigenvalue weighted by molar-refractivity contribution is 1.04. The van der Waals surface area contributed by atoms with Crippen LogP contribution >= 0.6 is 23.2 Å². The Kier molecular flexibility index (Phi) is 3.76. The molecule has 0 radical (unpaired) electrons. The van der Waals surface area contributed by atoms with Crippen molar-refractivity contribution in [3.8, 4) is 6.07 Å². The average Bonchev–Trinajstić information content (AvgIpc) is 2.35. The molecule has 1 atom stereocenters. The zero-order valence-corrected chi connectivity index (χ0v) is 10.9. The van der Waals surface area contributed by atoms with Crippen molar-refractivity contribution in [1.82, 2.24) is 0 Å². The second-order valence-corrected chi connectivity index (χ2v) is 4.74. The van der Waals surface area contributed by atoms with Crippen LogP contribution in [0.15, 0.2) is 42.5 Å². The molecule has 0 spiro atoms. The van der Waals surface area contributed by atoms with Crippen molar-refractivity contribution >= 4 is 28.9 Å². The molecule has 0 amide bonds. The first-order chi connectivity index (χ1) is 8.61. The highest BCUT2D eigenvalue weighted by atomic mass is 35.5. The quantitative estimate of drug-likeness (QED) is 0.835. The van der Waals surface area contributed by atoms with Crippen molar-refractivity contribution < 1.29 is 0 Å². The van der Waals surface area contributed by atoms with Gasteiger partial charge in [-0.1, -0.05) is 41.4 Å². The van der Waals surface area contributed by atoms with Crippen LogP contribution in [-0.2, 0) is 0 Å². The maximum absolute atomic E-state index is 9.32. The lowest BCUT2D eigenvalue weighted by atomic mass is 9.92. The number of nitriles is 1. The largest absolute Gasteiger partial charge is 0.399 e. The fourth-order valence-corrected chi connectivity index (χ4v) is 2.18. The third-order valence-corrected chi connectivity index (χ3v) is 3.25. The molecule has 0 aromatic heterocycles. The third kappa shape index (κ3) is 2.59. The molecule has 0 fully saturated rings. The van der Waals surface area contributed by atoms with Gasteiger partial charge in [0.15, 0.2) is 0 Å². The summed E-state index contributed by atoms with van der Waals surface area (Å²) in [6, 6.07) is 14.6. The first kappa shape index (κ1) is 12.8. The van der Waals surface area contributed by atoms with Gasteiger partial charge in [-0.3, -0.25) is 0 Å². The number of benzene rings is 2. The minimum Gasteiger partial charge on any atom is -0.399 e. The molecule has 18 heavy (non-hydrogen) atoms. The van der Waals surface area contributed by atoms with E-state index < -0.39 is 5.92 Å². The van der Waals surface area contributed by atoms with E-state index in [1.807, 2.05) is 12.1 Å². The van der Waals surface area contributed by atoms with Crippen molar-refractivity contribution in [2.45, 2.75) is 5.92 Å². The van der Waals surface area contributed by atoms with Crippen molar-refractivity contribution in [3.05, 3.63) is 63.6 Å². The van der Waals surface area contributed by atoms with E-state index in [9.17, 15) is 5.26 Å². The zero-order valence-electron chi connectivity index (χ0n) is 9.40.